The molecule has 0 radical (unpaired) electrons. The fourth-order valence-corrected chi connectivity index (χ4v) is 4.37. The molecular weight excluding hydrogens is 420 g/mol. The number of hydrogen-bond acceptors (Lipinski definition) is 5. The van der Waals surface area contributed by atoms with Crippen LogP contribution in [0.3, 0.4) is 0 Å². The first-order valence-electron chi connectivity index (χ1n) is 11.5. The monoisotopic (exact) mass is 448 g/mol. The lowest BCUT2D eigenvalue weighted by Crippen LogP contribution is -2.40. The summed E-state index contributed by atoms with van der Waals surface area (Å²) in [7, 11) is 0. The number of carbonyl (C=O) groups is 2. The first kappa shape index (κ1) is 21.2. The van der Waals surface area contributed by atoms with E-state index in [1.54, 1.807) is 21.8 Å². The maximum atomic E-state index is 12.9. The van der Waals surface area contributed by atoms with Gasteiger partial charge in [-0.1, -0.05) is 18.2 Å². The summed E-state index contributed by atoms with van der Waals surface area (Å²) >= 11 is 0. The molecule has 2 amide bonds. The molecule has 2 aliphatic rings. The zero-order valence-corrected chi connectivity index (χ0v) is 18.6. The van der Waals surface area contributed by atoms with E-state index >= 15 is 0 Å². The number of ether oxygens (including phenoxy) is 1. The zero-order valence-electron chi connectivity index (χ0n) is 18.6. The lowest BCUT2D eigenvalue weighted by Gasteiger charge is -2.29. The average molecular weight is 449 g/mol. The highest BCUT2D eigenvalue weighted by Gasteiger charge is 2.30. The lowest BCUT2D eigenvalue weighted by molar-refractivity contribution is 0.0880. The minimum absolute atomic E-state index is 0.0543. The van der Waals surface area contributed by atoms with E-state index in [1.165, 1.54) is 0 Å². The van der Waals surface area contributed by atoms with Crippen molar-refractivity contribution in [3.05, 3.63) is 59.5 Å². The van der Waals surface area contributed by atoms with E-state index in [1.807, 2.05) is 37.3 Å². The predicted molar refractivity (Wildman–Crippen MR) is 121 cm³/mol. The van der Waals surface area contributed by atoms with Crippen LogP contribution in [0, 0.1) is 6.92 Å². The van der Waals surface area contributed by atoms with Crippen molar-refractivity contribution in [1.29, 1.82) is 0 Å². The molecule has 3 aromatic rings. The first-order valence-corrected chi connectivity index (χ1v) is 11.5. The van der Waals surface area contributed by atoms with E-state index in [9.17, 15) is 9.59 Å². The molecule has 2 aliphatic carbocycles. The molecule has 0 aliphatic heterocycles. The molecule has 0 saturated heterocycles. The number of nitrogens with zero attached hydrogens (tertiary/aromatic N) is 4. The summed E-state index contributed by atoms with van der Waals surface area (Å²) in [5, 5.41) is 12.0. The second kappa shape index (κ2) is 8.73. The molecule has 2 saturated carbocycles. The van der Waals surface area contributed by atoms with Crippen LogP contribution in [0.1, 0.15) is 71.0 Å². The summed E-state index contributed by atoms with van der Waals surface area (Å²) in [6, 6.07) is 10.2. The predicted octanol–water partition coefficient (Wildman–Crippen LogP) is 2.93. The minimum Gasteiger partial charge on any atom is -0.473 e. The number of amides is 2. The fraction of sp³-hybridized carbons (Fsp3) is 0.417. The van der Waals surface area contributed by atoms with Crippen molar-refractivity contribution in [2.24, 2.45) is 5.73 Å². The molecule has 172 valence electrons. The van der Waals surface area contributed by atoms with E-state index < -0.39 is 5.91 Å². The van der Waals surface area contributed by atoms with E-state index in [4.69, 9.17) is 10.5 Å². The van der Waals surface area contributed by atoms with Gasteiger partial charge in [-0.25, -0.2) is 4.68 Å². The van der Waals surface area contributed by atoms with Crippen LogP contribution in [-0.4, -0.2) is 43.5 Å². The molecule has 0 spiro atoms. The third-order valence-electron chi connectivity index (χ3n) is 6.43. The van der Waals surface area contributed by atoms with Crippen LogP contribution >= 0.6 is 0 Å². The van der Waals surface area contributed by atoms with Crippen LogP contribution in [0.15, 0.2) is 42.7 Å². The zero-order chi connectivity index (χ0) is 22.9. The van der Waals surface area contributed by atoms with Gasteiger partial charge in [-0.2, -0.15) is 5.10 Å². The summed E-state index contributed by atoms with van der Waals surface area (Å²) in [5.74, 6) is -0.312. The van der Waals surface area contributed by atoms with E-state index in [0.29, 0.717) is 23.0 Å². The molecule has 3 N–H and O–H groups in total. The Labute approximate surface area is 191 Å². The Bertz CT molecular complexity index is 1160. The Kier molecular flexibility index (Phi) is 5.62. The van der Waals surface area contributed by atoms with Gasteiger partial charge in [-0.15, -0.1) is 5.10 Å². The Morgan fingerprint density at radius 1 is 1.06 bits per heavy atom. The molecule has 9 nitrogen and oxygen atoms in total. The third kappa shape index (κ3) is 4.48. The van der Waals surface area contributed by atoms with Crippen molar-refractivity contribution < 1.29 is 14.3 Å². The van der Waals surface area contributed by atoms with E-state index in [-0.39, 0.29) is 18.1 Å². The number of primary amides is 1. The Balaban J connectivity index is 1.17. The van der Waals surface area contributed by atoms with Crippen LogP contribution < -0.4 is 15.8 Å². The summed E-state index contributed by atoms with van der Waals surface area (Å²) < 4.78 is 9.62. The second-order valence-electron chi connectivity index (χ2n) is 8.88. The molecule has 2 fully saturated rings. The van der Waals surface area contributed by atoms with Crippen molar-refractivity contribution >= 4 is 11.8 Å². The first-order chi connectivity index (χ1) is 16.0. The molecule has 33 heavy (non-hydrogen) atoms. The molecule has 0 unspecified atom stereocenters. The standard InChI is InChI=1S/C24H28N6O3/c1-15-20(13-26-30(15)18-5-3-2-4-6-18)23(32)27-16-7-11-19(12-8-16)33-24-21(22(25)31)14-29(28-24)17-9-10-17/h2-6,13-14,16-17,19H,7-12H2,1H3,(H2,25,31)(H,27,32). The highest BCUT2D eigenvalue weighted by molar-refractivity contribution is 5.95. The van der Waals surface area contributed by atoms with Gasteiger partial charge in [0, 0.05) is 12.2 Å². The van der Waals surface area contributed by atoms with Crippen molar-refractivity contribution in [3.63, 3.8) is 0 Å². The van der Waals surface area contributed by atoms with Gasteiger partial charge in [0.25, 0.3) is 11.8 Å². The molecule has 9 heteroatoms. The maximum absolute atomic E-state index is 12.9. The highest BCUT2D eigenvalue weighted by atomic mass is 16.5. The van der Waals surface area contributed by atoms with Crippen molar-refractivity contribution in [3.8, 4) is 11.6 Å². The van der Waals surface area contributed by atoms with Gasteiger partial charge in [0.1, 0.15) is 11.7 Å². The Hall–Kier alpha value is -3.62. The Morgan fingerprint density at radius 2 is 1.79 bits per heavy atom. The average Bonchev–Trinajstić information content (AvgIpc) is 3.46. The minimum atomic E-state index is -0.524. The SMILES string of the molecule is Cc1c(C(=O)NC2CCC(Oc3nn(C4CC4)cc3C(N)=O)CC2)cnn1-c1ccccc1. The molecule has 5 rings (SSSR count). The highest BCUT2D eigenvalue weighted by Crippen LogP contribution is 2.36. The third-order valence-corrected chi connectivity index (χ3v) is 6.43. The van der Waals surface area contributed by atoms with Gasteiger partial charge in [0.05, 0.1) is 29.2 Å². The second-order valence-corrected chi connectivity index (χ2v) is 8.88. The summed E-state index contributed by atoms with van der Waals surface area (Å²) in [6.07, 6.45) is 8.49. The van der Waals surface area contributed by atoms with Gasteiger partial charge >= 0.3 is 0 Å². The van der Waals surface area contributed by atoms with Crippen LogP contribution in [0.2, 0.25) is 0 Å². The van der Waals surface area contributed by atoms with Gasteiger partial charge < -0.3 is 15.8 Å². The van der Waals surface area contributed by atoms with Crippen LogP contribution in [0.25, 0.3) is 5.69 Å². The molecule has 0 atom stereocenters. The largest absolute Gasteiger partial charge is 0.473 e. The van der Waals surface area contributed by atoms with Crippen molar-refractivity contribution in [1.82, 2.24) is 24.9 Å². The molecule has 2 aromatic heterocycles. The smallest absolute Gasteiger partial charge is 0.255 e. The van der Waals surface area contributed by atoms with E-state index in [0.717, 1.165) is 49.9 Å². The van der Waals surface area contributed by atoms with E-state index in [2.05, 4.69) is 15.5 Å². The van der Waals surface area contributed by atoms with Gasteiger partial charge in [-0.05, 0) is 57.6 Å². The number of rotatable bonds is 7. The molecule has 2 heterocycles. The number of carbonyl (C=O) groups excluding carboxylic acids is 2. The molecule has 0 bridgehead atoms. The quantitative estimate of drug-likeness (QED) is 0.576. The Morgan fingerprint density at radius 3 is 2.45 bits per heavy atom. The number of para-hydroxylation sites is 1. The normalized spacial score (nSPS) is 20.4. The van der Waals surface area contributed by atoms with Crippen molar-refractivity contribution in [2.75, 3.05) is 0 Å². The van der Waals surface area contributed by atoms with Crippen LogP contribution in [-0.2, 0) is 0 Å². The number of nitrogens with two attached hydrogens (primary N) is 1. The summed E-state index contributed by atoms with van der Waals surface area (Å²) in [4.78, 5) is 24.7. The number of nitrogens with one attached hydrogen (secondary N) is 1. The van der Waals surface area contributed by atoms with Crippen LogP contribution in [0.4, 0.5) is 0 Å². The maximum Gasteiger partial charge on any atom is 0.255 e. The number of aromatic nitrogens is 4. The number of benzene rings is 1. The van der Waals surface area contributed by atoms with Crippen LogP contribution in [0.5, 0.6) is 5.88 Å². The molecule has 1 aromatic carbocycles. The summed E-state index contributed by atoms with van der Waals surface area (Å²) in [6.45, 7) is 1.90. The lowest BCUT2D eigenvalue weighted by atomic mass is 9.92. The fourth-order valence-electron chi connectivity index (χ4n) is 4.37. The summed E-state index contributed by atoms with van der Waals surface area (Å²) in [5.41, 5.74) is 8.15. The van der Waals surface area contributed by atoms with Gasteiger partial charge in [0.2, 0.25) is 5.88 Å². The van der Waals surface area contributed by atoms with Crippen molar-refractivity contribution in [2.45, 2.75) is 63.6 Å². The molecular formula is C24H28N6O3. The van der Waals surface area contributed by atoms with Gasteiger partial charge in [-0.3, -0.25) is 14.3 Å². The number of hydrogen-bond donors (Lipinski definition) is 2. The topological polar surface area (TPSA) is 117 Å². The van der Waals surface area contributed by atoms with Gasteiger partial charge in [0.15, 0.2) is 0 Å².